The third kappa shape index (κ3) is 3.46. The molecule has 3 atom stereocenters. The fourth-order valence-electron chi connectivity index (χ4n) is 3.56. The summed E-state index contributed by atoms with van der Waals surface area (Å²) in [5.41, 5.74) is 0. The first-order chi connectivity index (χ1) is 8.58. The van der Waals surface area contributed by atoms with Crippen LogP contribution in [0.5, 0.6) is 0 Å². The Labute approximate surface area is 112 Å². The number of aliphatic hydroxyl groups is 1. The molecular weight excluding hydrogens is 224 g/mol. The predicted molar refractivity (Wildman–Crippen MR) is 75.7 cm³/mol. The molecule has 1 aliphatic carbocycles. The van der Waals surface area contributed by atoms with Crippen LogP contribution in [0.2, 0.25) is 0 Å². The zero-order valence-electron chi connectivity index (χ0n) is 12.3. The maximum atomic E-state index is 10.3. The standard InChI is InChI=1S/C15H30N2O/c1-12(2)13-5-6-15(18)14(11-13)17-8-4-7-16(3)9-10-17/h12-15,18H,4-11H2,1-3H3. The Morgan fingerprint density at radius 2 is 1.83 bits per heavy atom. The van der Waals surface area contributed by atoms with Gasteiger partial charge in [0.2, 0.25) is 0 Å². The zero-order chi connectivity index (χ0) is 13.1. The lowest BCUT2D eigenvalue weighted by molar-refractivity contribution is -0.00271. The van der Waals surface area contributed by atoms with Crippen molar-refractivity contribution in [1.29, 1.82) is 0 Å². The average molecular weight is 254 g/mol. The van der Waals surface area contributed by atoms with E-state index < -0.39 is 0 Å². The minimum atomic E-state index is -0.0941. The molecule has 1 heterocycles. The van der Waals surface area contributed by atoms with Crippen LogP contribution in [0.4, 0.5) is 0 Å². The number of aliphatic hydroxyl groups excluding tert-OH is 1. The topological polar surface area (TPSA) is 26.7 Å². The molecular formula is C15H30N2O. The van der Waals surface area contributed by atoms with E-state index in [9.17, 15) is 5.11 Å². The van der Waals surface area contributed by atoms with E-state index in [0.717, 1.165) is 37.9 Å². The molecule has 0 spiro atoms. The van der Waals surface area contributed by atoms with Gasteiger partial charge < -0.3 is 10.0 Å². The molecule has 0 amide bonds. The Bertz CT molecular complexity index is 257. The summed E-state index contributed by atoms with van der Waals surface area (Å²) in [6.45, 7) is 9.30. The normalized spacial score (nSPS) is 36.8. The molecule has 0 aromatic heterocycles. The number of hydrogen-bond acceptors (Lipinski definition) is 3. The van der Waals surface area contributed by atoms with Crippen LogP contribution in [0.3, 0.4) is 0 Å². The van der Waals surface area contributed by atoms with Crippen LogP contribution in [-0.2, 0) is 0 Å². The second-order valence-corrected chi connectivity index (χ2v) is 6.64. The van der Waals surface area contributed by atoms with Crippen LogP contribution < -0.4 is 0 Å². The Hall–Kier alpha value is -0.120. The molecule has 2 fully saturated rings. The highest BCUT2D eigenvalue weighted by molar-refractivity contribution is 4.88. The Balaban J connectivity index is 1.96. The molecule has 3 unspecified atom stereocenters. The molecule has 0 bridgehead atoms. The fraction of sp³-hybridized carbons (Fsp3) is 1.00. The Morgan fingerprint density at radius 1 is 1.06 bits per heavy atom. The van der Waals surface area contributed by atoms with Crippen molar-refractivity contribution < 1.29 is 5.11 Å². The molecule has 2 rings (SSSR count). The SMILES string of the molecule is CC(C)C1CCC(O)C(N2CCCN(C)CC2)C1. The number of hydrogen-bond donors (Lipinski definition) is 1. The zero-order valence-corrected chi connectivity index (χ0v) is 12.3. The fourth-order valence-corrected chi connectivity index (χ4v) is 3.56. The number of nitrogens with zero attached hydrogens (tertiary/aromatic N) is 2. The van der Waals surface area contributed by atoms with Gasteiger partial charge in [0.1, 0.15) is 0 Å². The van der Waals surface area contributed by atoms with Gasteiger partial charge in [0.25, 0.3) is 0 Å². The maximum Gasteiger partial charge on any atom is 0.0695 e. The van der Waals surface area contributed by atoms with E-state index in [1.54, 1.807) is 0 Å². The number of rotatable bonds is 2. The van der Waals surface area contributed by atoms with Crippen LogP contribution in [0, 0.1) is 11.8 Å². The quantitative estimate of drug-likeness (QED) is 0.814. The Morgan fingerprint density at radius 3 is 2.56 bits per heavy atom. The average Bonchev–Trinajstić information content (AvgIpc) is 2.54. The smallest absolute Gasteiger partial charge is 0.0695 e. The van der Waals surface area contributed by atoms with Crippen molar-refractivity contribution in [2.45, 2.75) is 51.7 Å². The first-order valence-corrected chi connectivity index (χ1v) is 7.68. The third-order valence-electron chi connectivity index (χ3n) is 4.99. The molecule has 0 aromatic carbocycles. The maximum absolute atomic E-state index is 10.3. The molecule has 1 saturated carbocycles. The van der Waals surface area contributed by atoms with Crippen molar-refractivity contribution in [3.05, 3.63) is 0 Å². The van der Waals surface area contributed by atoms with Gasteiger partial charge in [-0.3, -0.25) is 4.90 Å². The highest BCUT2D eigenvalue weighted by Gasteiger charge is 2.34. The van der Waals surface area contributed by atoms with Gasteiger partial charge in [-0.2, -0.15) is 0 Å². The molecule has 106 valence electrons. The van der Waals surface area contributed by atoms with Gasteiger partial charge in [-0.05, 0) is 57.7 Å². The summed E-state index contributed by atoms with van der Waals surface area (Å²) >= 11 is 0. The van der Waals surface area contributed by atoms with Gasteiger partial charge in [0.05, 0.1) is 6.10 Å². The summed E-state index contributed by atoms with van der Waals surface area (Å²) in [5.74, 6) is 1.56. The second-order valence-electron chi connectivity index (χ2n) is 6.64. The molecule has 1 N–H and O–H groups in total. The summed E-state index contributed by atoms with van der Waals surface area (Å²) in [4.78, 5) is 4.97. The first-order valence-electron chi connectivity index (χ1n) is 7.68. The highest BCUT2D eigenvalue weighted by Crippen LogP contribution is 2.33. The minimum absolute atomic E-state index is 0.0941. The summed E-state index contributed by atoms with van der Waals surface area (Å²) in [6.07, 6.45) is 4.56. The van der Waals surface area contributed by atoms with E-state index in [-0.39, 0.29) is 6.10 Å². The van der Waals surface area contributed by atoms with Crippen molar-refractivity contribution in [2.24, 2.45) is 11.8 Å². The van der Waals surface area contributed by atoms with Crippen LogP contribution in [0.25, 0.3) is 0 Å². The molecule has 0 radical (unpaired) electrons. The van der Waals surface area contributed by atoms with Gasteiger partial charge in [-0.15, -0.1) is 0 Å². The van der Waals surface area contributed by atoms with Crippen LogP contribution in [0.15, 0.2) is 0 Å². The summed E-state index contributed by atoms with van der Waals surface area (Å²) < 4.78 is 0. The summed E-state index contributed by atoms with van der Waals surface area (Å²) in [5, 5.41) is 10.3. The van der Waals surface area contributed by atoms with E-state index in [2.05, 4.69) is 30.7 Å². The molecule has 1 aliphatic heterocycles. The van der Waals surface area contributed by atoms with Crippen LogP contribution in [0.1, 0.15) is 39.5 Å². The van der Waals surface area contributed by atoms with Gasteiger partial charge in [-0.1, -0.05) is 13.8 Å². The van der Waals surface area contributed by atoms with Crippen molar-refractivity contribution in [3.8, 4) is 0 Å². The molecule has 2 aliphatic rings. The van der Waals surface area contributed by atoms with E-state index in [4.69, 9.17) is 0 Å². The van der Waals surface area contributed by atoms with Gasteiger partial charge >= 0.3 is 0 Å². The Kier molecular flexibility index (Phi) is 5.05. The molecule has 0 aromatic rings. The largest absolute Gasteiger partial charge is 0.391 e. The lowest BCUT2D eigenvalue weighted by Gasteiger charge is -2.41. The highest BCUT2D eigenvalue weighted by atomic mass is 16.3. The molecule has 3 nitrogen and oxygen atoms in total. The number of likely N-dealkylation sites (N-methyl/N-ethyl adjacent to an activating group) is 1. The third-order valence-corrected chi connectivity index (χ3v) is 4.99. The summed E-state index contributed by atoms with van der Waals surface area (Å²) in [6, 6.07) is 0.414. The lowest BCUT2D eigenvalue weighted by atomic mass is 9.77. The minimum Gasteiger partial charge on any atom is -0.391 e. The van der Waals surface area contributed by atoms with Crippen LogP contribution >= 0.6 is 0 Å². The monoisotopic (exact) mass is 254 g/mol. The molecule has 1 saturated heterocycles. The van der Waals surface area contributed by atoms with Gasteiger partial charge in [0.15, 0.2) is 0 Å². The lowest BCUT2D eigenvalue weighted by Crippen LogP contribution is -2.49. The molecule has 3 heteroatoms. The second kappa shape index (κ2) is 6.36. The van der Waals surface area contributed by atoms with Gasteiger partial charge in [0, 0.05) is 19.1 Å². The van der Waals surface area contributed by atoms with Gasteiger partial charge in [-0.25, -0.2) is 0 Å². The first kappa shape index (κ1) is 14.3. The van der Waals surface area contributed by atoms with E-state index >= 15 is 0 Å². The predicted octanol–water partition coefficient (Wildman–Crippen LogP) is 1.81. The molecule has 18 heavy (non-hydrogen) atoms. The van der Waals surface area contributed by atoms with Crippen LogP contribution in [-0.4, -0.2) is 60.3 Å². The van der Waals surface area contributed by atoms with E-state index in [1.165, 1.54) is 25.8 Å². The van der Waals surface area contributed by atoms with Crippen molar-refractivity contribution in [1.82, 2.24) is 9.80 Å². The van der Waals surface area contributed by atoms with Crippen molar-refractivity contribution in [2.75, 3.05) is 33.2 Å². The van der Waals surface area contributed by atoms with Crippen molar-refractivity contribution >= 4 is 0 Å². The van der Waals surface area contributed by atoms with E-state index in [1.807, 2.05) is 0 Å². The van der Waals surface area contributed by atoms with Crippen molar-refractivity contribution in [3.63, 3.8) is 0 Å². The summed E-state index contributed by atoms with van der Waals surface area (Å²) in [7, 11) is 2.21. The van der Waals surface area contributed by atoms with E-state index in [0.29, 0.717) is 6.04 Å².